The number of sulfonamides is 1. The minimum absolute atomic E-state index is 0.000801. The molecule has 0 aliphatic heterocycles. The number of amides is 1. The minimum atomic E-state index is -3.98. The van der Waals surface area contributed by atoms with E-state index in [1.165, 1.54) is 24.5 Å². The third kappa shape index (κ3) is 8.41. The zero-order chi connectivity index (χ0) is 31.0. The normalized spacial score (nSPS) is 12.7. The maximum absolute atomic E-state index is 13.3. The van der Waals surface area contributed by atoms with Crippen molar-refractivity contribution >= 4 is 33.5 Å². The Morgan fingerprint density at radius 1 is 1.00 bits per heavy atom. The van der Waals surface area contributed by atoms with Gasteiger partial charge in [-0.2, -0.15) is 0 Å². The number of halogens is 1. The lowest BCUT2D eigenvalue weighted by Crippen LogP contribution is -2.43. The van der Waals surface area contributed by atoms with E-state index in [1.807, 2.05) is 19.1 Å². The second-order valence-corrected chi connectivity index (χ2v) is 12.3. The summed E-state index contributed by atoms with van der Waals surface area (Å²) in [7, 11) is -3.98. The van der Waals surface area contributed by atoms with Gasteiger partial charge >= 0.3 is 5.97 Å². The van der Waals surface area contributed by atoms with Crippen molar-refractivity contribution in [2.45, 2.75) is 43.5 Å². The molecule has 11 heteroatoms. The largest absolute Gasteiger partial charge is 0.481 e. The summed E-state index contributed by atoms with van der Waals surface area (Å²) in [4.78, 5) is 28.0. The molecule has 1 aromatic heterocycles. The lowest BCUT2D eigenvalue weighted by Gasteiger charge is -2.32. The van der Waals surface area contributed by atoms with E-state index in [9.17, 15) is 23.1 Å². The van der Waals surface area contributed by atoms with Crippen LogP contribution in [0, 0.1) is 0 Å². The number of hydrogen-bond acceptors (Lipinski definition) is 6. The van der Waals surface area contributed by atoms with Crippen LogP contribution in [0.25, 0.3) is 0 Å². The highest BCUT2D eigenvalue weighted by molar-refractivity contribution is 7.89. The Hall–Kier alpha value is -4.25. The lowest BCUT2D eigenvalue weighted by molar-refractivity contribution is -0.136. The van der Waals surface area contributed by atoms with Crippen LogP contribution in [0.3, 0.4) is 0 Å². The van der Waals surface area contributed by atoms with Crippen LogP contribution in [0.2, 0.25) is 5.02 Å². The number of aromatic nitrogens is 1. The number of hydrogen-bond donors (Lipinski definition) is 3. The van der Waals surface area contributed by atoms with Crippen molar-refractivity contribution in [2.75, 3.05) is 6.54 Å². The number of benzene rings is 3. The predicted octanol–water partition coefficient (Wildman–Crippen LogP) is 5.73. The van der Waals surface area contributed by atoms with E-state index in [4.69, 9.17) is 16.3 Å². The molecule has 9 nitrogen and oxygen atoms in total. The van der Waals surface area contributed by atoms with Gasteiger partial charge in [0.25, 0.3) is 5.91 Å². The summed E-state index contributed by atoms with van der Waals surface area (Å²) in [6.07, 6.45) is 3.48. The summed E-state index contributed by atoms with van der Waals surface area (Å²) >= 11 is 5.92. The van der Waals surface area contributed by atoms with E-state index >= 15 is 0 Å². The van der Waals surface area contributed by atoms with Gasteiger partial charge in [0, 0.05) is 35.1 Å². The Bertz CT molecular complexity index is 1680. The van der Waals surface area contributed by atoms with E-state index in [1.54, 1.807) is 61.5 Å². The van der Waals surface area contributed by atoms with E-state index in [2.05, 4.69) is 15.0 Å². The van der Waals surface area contributed by atoms with E-state index in [0.717, 1.165) is 5.56 Å². The molecule has 4 aromatic rings. The first kappa shape index (κ1) is 31.7. The first-order valence-electron chi connectivity index (χ1n) is 13.6. The number of carboxylic acid groups (broad SMARTS) is 1. The van der Waals surface area contributed by atoms with Crippen LogP contribution in [-0.4, -0.2) is 36.9 Å². The monoisotopic (exact) mass is 621 g/mol. The van der Waals surface area contributed by atoms with Crippen LogP contribution in [-0.2, 0) is 33.2 Å². The van der Waals surface area contributed by atoms with Gasteiger partial charge < -0.3 is 15.2 Å². The zero-order valence-electron chi connectivity index (χ0n) is 23.7. The highest BCUT2D eigenvalue weighted by Gasteiger charge is 2.34. The van der Waals surface area contributed by atoms with Crippen LogP contribution >= 0.6 is 11.6 Å². The Labute approximate surface area is 256 Å². The fraction of sp³-hybridized carbons (Fsp3) is 0.219. The number of pyridine rings is 1. The molecule has 0 fully saturated rings. The second-order valence-electron chi connectivity index (χ2n) is 10.1. The summed E-state index contributed by atoms with van der Waals surface area (Å²) in [6.45, 7) is 3.99. The van der Waals surface area contributed by atoms with Gasteiger partial charge in [-0.15, -0.1) is 0 Å². The first-order valence-corrected chi connectivity index (χ1v) is 15.4. The lowest BCUT2D eigenvalue weighted by atomic mass is 9.88. The quantitative estimate of drug-likeness (QED) is 0.173. The Morgan fingerprint density at radius 3 is 2.33 bits per heavy atom. The fourth-order valence-electron chi connectivity index (χ4n) is 4.44. The smallest absolute Gasteiger partial charge is 0.307 e. The molecule has 0 bridgehead atoms. The molecular formula is C32H32ClN3O6S. The third-order valence-electron chi connectivity index (χ3n) is 6.96. The number of aliphatic carboxylic acids is 1. The van der Waals surface area contributed by atoms with Gasteiger partial charge in [0.1, 0.15) is 16.4 Å². The molecule has 1 atom stereocenters. The number of rotatable bonds is 13. The average molecular weight is 622 g/mol. The predicted molar refractivity (Wildman–Crippen MR) is 164 cm³/mol. The topological polar surface area (TPSA) is 135 Å². The summed E-state index contributed by atoms with van der Waals surface area (Å²) in [5.74, 6) is -0.496. The number of carboxylic acids is 1. The van der Waals surface area contributed by atoms with Crippen LogP contribution in [0.1, 0.15) is 47.3 Å². The van der Waals surface area contributed by atoms with Crippen molar-refractivity contribution in [3.05, 3.63) is 119 Å². The number of ether oxygens (including phenoxy) is 1. The molecule has 0 aliphatic carbocycles. The van der Waals surface area contributed by atoms with Crippen molar-refractivity contribution in [1.82, 2.24) is 15.0 Å². The molecule has 4 rings (SSSR count). The number of carbonyl (C=O) groups excluding carboxylic acids is 1. The maximum Gasteiger partial charge on any atom is 0.307 e. The summed E-state index contributed by atoms with van der Waals surface area (Å²) in [6, 6.07) is 21.9. The Balaban J connectivity index is 1.54. The average Bonchev–Trinajstić information content (AvgIpc) is 2.99. The second kappa shape index (κ2) is 13.8. The van der Waals surface area contributed by atoms with Gasteiger partial charge in [0.15, 0.2) is 0 Å². The molecule has 0 saturated carbocycles. The Morgan fingerprint density at radius 2 is 1.70 bits per heavy atom. The molecule has 1 amide bonds. The molecule has 3 N–H and O–H groups in total. The summed E-state index contributed by atoms with van der Waals surface area (Å²) in [5, 5.41) is 12.9. The van der Waals surface area contributed by atoms with Crippen molar-refractivity contribution in [3.63, 3.8) is 0 Å². The molecule has 0 saturated heterocycles. The molecule has 1 unspecified atom stereocenters. The SMILES string of the molecule is CCC(C)(NS(=O)(=O)c1cccnc1)c1cc(CC(=O)O)ccc1Oc1ccc(C(=O)NCCc2ccc(Cl)cc2)cc1. The van der Waals surface area contributed by atoms with Gasteiger partial charge in [0.05, 0.1) is 12.0 Å². The summed E-state index contributed by atoms with van der Waals surface area (Å²) < 4.78 is 35.5. The molecular weight excluding hydrogens is 590 g/mol. The van der Waals surface area contributed by atoms with Crippen LogP contribution in [0.5, 0.6) is 11.5 Å². The number of carbonyl (C=O) groups is 2. The van der Waals surface area contributed by atoms with Crippen molar-refractivity contribution in [3.8, 4) is 11.5 Å². The number of nitrogens with one attached hydrogen (secondary N) is 2. The highest BCUT2D eigenvalue weighted by Crippen LogP contribution is 2.37. The van der Waals surface area contributed by atoms with Gasteiger partial charge in [-0.3, -0.25) is 14.6 Å². The first-order chi connectivity index (χ1) is 20.5. The molecule has 3 aromatic carbocycles. The third-order valence-corrected chi connectivity index (χ3v) is 8.80. The van der Waals surface area contributed by atoms with Crippen molar-refractivity contribution in [2.24, 2.45) is 0 Å². The standard InChI is InChI=1S/C32H32ClN3O6S/c1-3-32(2,36-43(40,41)27-5-4-17-34-21-27)28-19-23(20-30(37)38)8-15-29(28)42-26-13-9-24(10-14-26)31(39)35-18-16-22-6-11-25(33)12-7-22/h4-15,17,19,21,36H,3,16,18,20H2,1-2H3,(H,35,39)(H,37,38). The van der Waals surface area contributed by atoms with Crippen molar-refractivity contribution in [1.29, 1.82) is 0 Å². The van der Waals surface area contributed by atoms with Gasteiger partial charge in [-0.05, 0) is 91.6 Å². The van der Waals surface area contributed by atoms with E-state index < -0.39 is 21.5 Å². The van der Waals surface area contributed by atoms with Gasteiger partial charge in [-0.25, -0.2) is 13.1 Å². The van der Waals surface area contributed by atoms with Gasteiger partial charge in [0.2, 0.25) is 10.0 Å². The van der Waals surface area contributed by atoms with Crippen LogP contribution in [0.4, 0.5) is 0 Å². The van der Waals surface area contributed by atoms with Gasteiger partial charge in [-0.1, -0.05) is 36.7 Å². The molecule has 0 radical (unpaired) electrons. The molecule has 43 heavy (non-hydrogen) atoms. The summed E-state index contributed by atoms with van der Waals surface area (Å²) in [5.41, 5.74) is 1.29. The minimum Gasteiger partial charge on any atom is -0.481 e. The number of nitrogens with zero attached hydrogens (tertiary/aromatic N) is 1. The van der Waals surface area contributed by atoms with E-state index in [0.29, 0.717) is 52.6 Å². The molecule has 224 valence electrons. The van der Waals surface area contributed by atoms with Crippen LogP contribution < -0.4 is 14.8 Å². The highest BCUT2D eigenvalue weighted by atomic mass is 35.5. The van der Waals surface area contributed by atoms with Crippen molar-refractivity contribution < 1.29 is 27.9 Å². The fourth-order valence-corrected chi connectivity index (χ4v) is 5.98. The molecule has 1 heterocycles. The Kier molecular flexibility index (Phi) is 10.2. The maximum atomic E-state index is 13.3. The zero-order valence-corrected chi connectivity index (χ0v) is 25.3. The molecule has 0 spiro atoms. The molecule has 0 aliphatic rings. The van der Waals surface area contributed by atoms with Crippen LogP contribution in [0.15, 0.2) is 96.2 Å². The van der Waals surface area contributed by atoms with E-state index in [-0.39, 0.29) is 17.2 Å².